The van der Waals surface area contributed by atoms with Gasteiger partial charge in [-0.15, -0.1) is 11.3 Å². The Labute approximate surface area is 145 Å². The van der Waals surface area contributed by atoms with Gasteiger partial charge in [0.2, 0.25) is 5.91 Å². The first-order valence-electron chi connectivity index (χ1n) is 8.34. The van der Waals surface area contributed by atoms with Crippen LogP contribution in [0.2, 0.25) is 0 Å². The van der Waals surface area contributed by atoms with E-state index in [0.29, 0.717) is 12.4 Å². The second kappa shape index (κ2) is 6.64. The molecule has 1 aliphatic heterocycles. The molecule has 1 amide bonds. The average Bonchev–Trinajstić information content (AvgIpc) is 3.11. The van der Waals surface area contributed by atoms with Gasteiger partial charge in [0, 0.05) is 11.4 Å². The number of carbonyl (C=O) groups is 1. The largest absolute Gasteiger partial charge is 0.394 e. The van der Waals surface area contributed by atoms with E-state index >= 15 is 0 Å². The van der Waals surface area contributed by atoms with Gasteiger partial charge in [0.05, 0.1) is 18.0 Å². The van der Waals surface area contributed by atoms with Crippen molar-refractivity contribution in [2.45, 2.75) is 52.6 Å². The number of nitrogens with zero attached hydrogens (tertiary/aromatic N) is 3. The molecule has 0 aliphatic carbocycles. The van der Waals surface area contributed by atoms with Crippen LogP contribution in [0.4, 0.5) is 5.82 Å². The molecular formula is C17H24N4O2S. The monoisotopic (exact) mass is 348 g/mol. The Kier molecular flexibility index (Phi) is 4.73. The molecule has 1 aliphatic rings. The molecule has 7 heteroatoms. The van der Waals surface area contributed by atoms with Gasteiger partial charge >= 0.3 is 0 Å². The molecule has 2 aromatic heterocycles. The third-order valence-electron chi connectivity index (χ3n) is 4.74. The Balaban J connectivity index is 1.88. The minimum atomic E-state index is -0.394. The molecule has 1 saturated heterocycles. The van der Waals surface area contributed by atoms with Crippen LogP contribution in [0.15, 0.2) is 0 Å². The van der Waals surface area contributed by atoms with Gasteiger partial charge in [-0.2, -0.15) is 0 Å². The number of thiophene rings is 1. The van der Waals surface area contributed by atoms with Crippen LogP contribution in [0.3, 0.4) is 0 Å². The summed E-state index contributed by atoms with van der Waals surface area (Å²) >= 11 is 1.65. The lowest BCUT2D eigenvalue weighted by atomic mass is 10.2. The third-order valence-corrected chi connectivity index (χ3v) is 5.84. The molecule has 6 nitrogen and oxygen atoms in total. The summed E-state index contributed by atoms with van der Waals surface area (Å²) in [7, 11) is 0. The molecule has 3 heterocycles. The van der Waals surface area contributed by atoms with Gasteiger partial charge in [-0.1, -0.05) is 0 Å². The van der Waals surface area contributed by atoms with Crippen LogP contribution in [0.25, 0.3) is 10.2 Å². The van der Waals surface area contributed by atoms with Crippen molar-refractivity contribution in [3.63, 3.8) is 0 Å². The second-order valence-electron chi connectivity index (χ2n) is 6.46. The van der Waals surface area contributed by atoms with Crippen molar-refractivity contribution in [3.8, 4) is 0 Å². The topological polar surface area (TPSA) is 78.4 Å². The van der Waals surface area contributed by atoms with Crippen LogP contribution in [0, 0.1) is 20.8 Å². The predicted molar refractivity (Wildman–Crippen MR) is 96.5 cm³/mol. The lowest BCUT2D eigenvalue weighted by Crippen LogP contribution is -2.45. The molecule has 0 aromatic carbocycles. The highest BCUT2D eigenvalue weighted by atomic mass is 32.1. The number of aromatic nitrogens is 2. The molecular weight excluding hydrogens is 324 g/mol. The molecule has 0 saturated carbocycles. The Morgan fingerprint density at radius 3 is 2.88 bits per heavy atom. The zero-order valence-electron chi connectivity index (χ0n) is 14.6. The van der Waals surface area contributed by atoms with Crippen LogP contribution >= 0.6 is 11.3 Å². The number of amides is 1. The minimum Gasteiger partial charge on any atom is -0.394 e. The van der Waals surface area contributed by atoms with Gasteiger partial charge in [-0.3, -0.25) is 4.79 Å². The maximum Gasteiger partial charge on any atom is 0.245 e. The van der Waals surface area contributed by atoms with Crippen molar-refractivity contribution < 1.29 is 9.90 Å². The van der Waals surface area contributed by atoms with Crippen molar-refractivity contribution in [1.29, 1.82) is 0 Å². The van der Waals surface area contributed by atoms with E-state index in [1.54, 1.807) is 16.2 Å². The van der Waals surface area contributed by atoms with E-state index in [1.165, 1.54) is 4.88 Å². The third kappa shape index (κ3) is 2.98. The summed E-state index contributed by atoms with van der Waals surface area (Å²) in [5.41, 5.74) is 1.16. The SMILES string of the molecule is Cc1nc(NC(C)C(=O)N2CCCC2CO)c2c(C)c(C)sc2n1. The van der Waals surface area contributed by atoms with E-state index in [0.717, 1.165) is 34.4 Å². The highest BCUT2D eigenvalue weighted by Crippen LogP contribution is 2.33. The highest BCUT2D eigenvalue weighted by Gasteiger charge is 2.31. The first-order chi connectivity index (χ1) is 11.4. The quantitative estimate of drug-likeness (QED) is 0.887. The zero-order valence-corrected chi connectivity index (χ0v) is 15.4. The summed E-state index contributed by atoms with van der Waals surface area (Å²) in [6, 6.07) is -0.451. The average molecular weight is 348 g/mol. The van der Waals surface area contributed by atoms with Gasteiger partial charge < -0.3 is 15.3 Å². The van der Waals surface area contributed by atoms with Gasteiger partial charge in [0.15, 0.2) is 0 Å². The fraction of sp³-hybridized carbons (Fsp3) is 0.588. The van der Waals surface area contributed by atoms with Crippen molar-refractivity contribution >= 4 is 33.3 Å². The summed E-state index contributed by atoms with van der Waals surface area (Å²) in [6.07, 6.45) is 1.82. The number of hydrogen-bond donors (Lipinski definition) is 2. The maximum atomic E-state index is 12.7. The van der Waals surface area contributed by atoms with E-state index in [9.17, 15) is 9.90 Å². The fourth-order valence-electron chi connectivity index (χ4n) is 3.29. The Morgan fingerprint density at radius 1 is 1.42 bits per heavy atom. The number of rotatable bonds is 4. The van der Waals surface area contributed by atoms with Crippen LogP contribution in [0.1, 0.15) is 36.0 Å². The zero-order chi connectivity index (χ0) is 17.4. The van der Waals surface area contributed by atoms with E-state index in [4.69, 9.17) is 0 Å². The molecule has 24 heavy (non-hydrogen) atoms. The number of aliphatic hydroxyl groups is 1. The summed E-state index contributed by atoms with van der Waals surface area (Å²) in [5.74, 6) is 1.43. The van der Waals surface area contributed by atoms with Gasteiger partial charge in [-0.05, 0) is 46.1 Å². The van der Waals surface area contributed by atoms with Crippen molar-refractivity contribution in [2.24, 2.45) is 0 Å². The lowest BCUT2D eigenvalue weighted by Gasteiger charge is -2.27. The molecule has 3 rings (SSSR count). The van der Waals surface area contributed by atoms with Crippen molar-refractivity contribution in [3.05, 3.63) is 16.3 Å². The van der Waals surface area contributed by atoms with Gasteiger partial charge in [0.1, 0.15) is 22.5 Å². The summed E-state index contributed by atoms with van der Waals surface area (Å²) in [4.78, 5) is 25.7. The molecule has 2 N–H and O–H groups in total. The molecule has 2 aromatic rings. The van der Waals surface area contributed by atoms with E-state index < -0.39 is 6.04 Å². The molecule has 0 bridgehead atoms. The van der Waals surface area contributed by atoms with Crippen LogP contribution in [-0.4, -0.2) is 51.1 Å². The number of nitrogens with one attached hydrogen (secondary N) is 1. The molecule has 0 spiro atoms. The molecule has 2 atom stereocenters. The van der Waals surface area contributed by atoms with E-state index in [2.05, 4.69) is 29.1 Å². The normalized spacial score (nSPS) is 19.0. The summed E-state index contributed by atoms with van der Waals surface area (Å²) in [6.45, 7) is 8.60. The molecule has 2 unspecified atom stereocenters. The van der Waals surface area contributed by atoms with Crippen molar-refractivity contribution in [1.82, 2.24) is 14.9 Å². The van der Waals surface area contributed by atoms with Crippen molar-refractivity contribution in [2.75, 3.05) is 18.5 Å². The van der Waals surface area contributed by atoms with Crippen LogP contribution in [-0.2, 0) is 4.79 Å². The van der Waals surface area contributed by atoms with Crippen LogP contribution in [0.5, 0.6) is 0 Å². The van der Waals surface area contributed by atoms with E-state index in [-0.39, 0.29) is 18.6 Å². The predicted octanol–water partition coefficient (Wildman–Crippen LogP) is 2.40. The van der Waals surface area contributed by atoms with Gasteiger partial charge in [-0.25, -0.2) is 9.97 Å². The molecule has 0 radical (unpaired) electrons. The number of hydrogen-bond acceptors (Lipinski definition) is 6. The Hall–Kier alpha value is -1.73. The molecule has 130 valence electrons. The minimum absolute atomic E-state index is 0.0144. The van der Waals surface area contributed by atoms with E-state index in [1.807, 2.05) is 13.8 Å². The first kappa shape index (κ1) is 17.1. The maximum absolute atomic E-state index is 12.7. The Bertz CT molecular complexity index is 774. The number of aryl methyl sites for hydroxylation is 3. The number of likely N-dealkylation sites (tertiary alicyclic amines) is 1. The molecule has 1 fully saturated rings. The smallest absolute Gasteiger partial charge is 0.245 e. The number of anilines is 1. The standard InChI is InChI=1S/C17H24N4O2S/c1-9-11(3)24-16-14(9)15(19-12(4)20-16)18-10(2)17(23)21-7-5-6-13(21)8-22/h10,13,22H,5-8H2,1-4H3,(H,18,19,20). The lowest BCUT2D eigenvalue weighted by molar-refractivity contribution is -0.133. The fourth-order valence-corrected chi connectivity index (χ4v) is 4.37. The number of aliphatic hydroxyl groups excluding tert-OH is 1. The summed E-state index contributed by atoms with van der Waals surface area (Å²) in [5, 5.41) is 13.7. The number of fused-ring (bicyclic) bond motifs is 1. The summed E-state index contributed by atoms with van der Waals surface area (Å²) < 4.78 is 0. The first-order valence-corrected chi connectivity index (χ1v) is 9.16. The highest BCUT2D eigenvalue weighted by molar-refractivity contribution is 7.18. The van der Waals surface area contributed by atoms with Gasteiger partial charge in [0.25, 0.3) is 0 Å². The number of carbonyl (C=O) groups excluding carboxylic acids is 1. The Morgan fingerprint density at radius 2 is 2.17 bits per heavy atom. The second-order valence-corrected chi connectivity index (χ2v) is 7.66. The van der Waals surface area contributed by atoms with Crippen LogP contribution < -0.4 is 5.32 Å².